The highest BCUT2D eigenvalue weighted by molar-refractivity contribution is 5.89. The number of rotatable bonds is 3. The normalized spacial score (nSPS) is 11.1. The molecule has 0 aromatic heterocycles. The van der Waals surface area contributed by atoms with Gasteiger partial charge >= 0.3 is 6.03 Å². The van der Waals surface area contributed by atoms with Crippen LogP contribution in [0.4, 0.5) is 16.2 Å². The summed E-state index contributed by atoms with van der Waals surface area (Å²) in [5.41, 5.74) is 0.179. The van der Waals surface area contributed by atoms with Gasteiger partial charge in [-0.05, 0) is 13.0 Å². The van der Waals surface area contributed by atoms with Crippen molar-refractivity contribution in [1.82, 2.24) is 5.32 Å². The second-order valence-corrected chi connectivity index (χ2v) is 3.26. The highest BCUT2D eigenvalue weighted by Gasteiger charge is 2.09. The van der Waals surface area contributed by atoms with Crippen LogP contribution in [-0.4, -0.2) is 17.0 Å². The van der Waals surface area contributed by atoms with Crippen LogP contribution in [0.3, 0.4) is 0 Å². The Hall–Kier alpha value is -2.62. The van der Waals surface area contributed by atoms with Gasteiger partial charge in [0.05, 0.1) is 11.0 Å². The summed E-state index contributed by atoms with van der Waals surface area (Å²) < 4.78 is 0. The van der Waals surface area contributed by atoms with Crippen molar-refractivity contribution in [2.45, 2.75) is 13.0 Å². The van der Waals surface area contributed by atoms with E-state index >= 15 is 0 Å². The minimum absolute atomic E-state index is 0.115. The fourth-order valence-corrected chi connectivity index (χ4v) is 1.09. The average Bonchev–Trinajstić information content (AvgIpc) is 2.28. The Bertz CT molecular complexity index is 481. The van der Waals surface area contributed by atoms with Crippen LogP contribution < -0.4 is 10.6 Å². The second kappa shape index (κ2) is 5.46. The summed E-state index contributed by atoms with van der Waals surface area (Å²) in [6, 6.07) is 6.15. The van der Waals surface area contributed by atoms with Crippen molar-refractivity contribution in [3.63, 3.8) is 0 Å². The lowest BCUT2D eigenvalue weighted by Gasteiger charge is -2.08. The first-order valence-corrected chi connectivity index (χ1v) is 4.74. The third-order valence-corrected chi connectivity index (χ3v) is 1.86. The number of nitro benzene ring substituents is 1. The van der Waals surface area contributed by atoms with Crippen LogP contribution in [0.25, 0.3) is 0 Å². The van der Waals surface area contributed by atoms with E-state index in [4.69, 9.17) is 5.26 Å². The minimum Gasteiger partial charge on any atom is -0.322 e. The molecule has 7 nitrogen and oxygen atoms in total. The summed E-state index contributed by atoms with van der Waals surface area (Å²) in [6.45, 7) is 1.52. The molecule has 2 N–H and O–H groups in total. The standard InChI is InChI=1S/C10H10N4O3/c1-7(6-11)12-10(15)13-8-3-2-4-9(5-8)14(16)17/h2-5,7H,1H3,(H2,12,13,15). The van der Waals surface area contributed by atoms with Gasteiger partial charge in [0, 0.05) is 17.8 Å². The molecule has 1 aromatic carbocycles. The van der Waals surface area contributed by atoms with Crippen LogP contribution in [0.15, 0.2) is 24.3 Å². The zero-order chi connectivity index (χ0) is 12.8. The van der Waals surface area contributed by atoms with E-state index in [1.54, 1.807) is 0 Å². The zero-order valence-corrected chi connectivity index (χ0v) is 9.01. The highest BCUT2D eigenvalue weighted by atomic mass is 16.6. The molecule has 0 bridgehead atoms. The van der Waals surface area contributed by atoms with E-state index in [-0.39, 0.29) is 5.69 Å². The lowest BCUT2D eigenvalue weighted by Crippen LogP contribution is -2.35. The average molecular weight is 234 g/mol. The Morgan fingerprint density at radius 1 is 1.59 bits per heavy atom. The van der Waals surface area contributed by atoms with Gasteiger partial charge < -0.3 is 10.6 Å². The van der Waals surface area contributed by atoms with Crippen molar-refractivity contribution < 1.29 is 9.72 Å². The number of non-ortho nitro benzene ring substituents is 1. The number of benzene rings is 1. The Kier molecular flexibility index (Phi) is 4.00. The fourth-order valence-electron chi connectivity index (χ4n) is 1.09. The van der Waals surface area contributed by atoms with Gasteiger partial charge in [-0.25, -0.2) is 4.79 Å². The molecule has 1 atom stereocenters. The molecule has 88 valence electrons. The van der Waals surface area contributed by atoms with Gasteiger partial charge in [-0.3, -0.25) is 10.1 Å². The molecule has 1 unspecified atom stereocenters. The van der Waals surface area contributed by atoms with E-state index in [0.29, 0.717) is 5.69 Å². The summed E-state index contributed by atoms with van der Waals surface area (Å²) in [5, 5.41) is 23.7. The van der Waals surface area contributed by atoms with E-state index < -0.39 is 17.0 Å². The molecule has 0 heterocycles. The number of carbonyl (C=O) groups is 1. The molecule has 7 heteroatoms. The van der Waals surface area contributed by atoms with Crippen LogP contribution in [-0.2, 0) is 0 Å². The molecule has 0 radical (unpaired) electrons. The van der Waals surface area contributed by atoms with Crippen LogP contribution >= 0.6 is 0 Å². The molecule has 0 spiro atoms. The van der Waals surface area contributed by atoms with Crippen molar-refractivity contribution in [2.24, 2.45) is 0 Å². The first-order chi connectivity index (χ1) is 8.02. The molecule has 0 aliphatic carbocycles. The van der Waals surface area contributed by atoms with Gasteiger partial charge in [-0.2, -0.15) is 5.26 Å². The maximum Gasteiger partial charge on any atom is 0.320 e. The Labute approximate surface area is 97.2 Å². The molecular formula is C10H10N4O3. The summed E-state index contributed by atoms with van der Waals surface area (Å²) in [5.74, 6) is 0. The van der Waals surface area contributed by atoms with Gasteiger partial charge in [-0.15, -0.1) is 0 Å². The summed E-state index contributed by atoms with van der Waals surface area (Å²) >= 11 is 0. The largest absolute Gasteiger partial charge is 0.322 e. The summed E-state index contributed by atoms with van der Waals surface area (Å²) in [6.07, 6.45) is 0. The number of carbonyl (C=O) groups excluding carboxylic acids is 1. The lowest BCUT2D eigenvalue weighted by molar-refractivity contribution is -0.384. The van der Waals surface area contributed by atoms with Gasteiger partial charge in [0.1, 0.15) is 6.04 Å². The maximum atomic E-state index is 11.3. The Morgan fingerprint density at radius 3 is 2.88 bits per heavy atom. The number of nitrogens with zero attached hydrogens (tertiary/aromatic N) is 2. The van der Waals surface area contributed by atoms with Gasteiger partial charge in [0.25, 0.3) is 5.69 Å². The van der Waals surface area contributed by atoms with E-state index in [1.807, 2.05) is 6.07 Å². The monoisotopic (exact) mass is 234 g/mol. The molecule has 1 rings (SSSR count). The Morgan fingerprint density at radius 2 is 2.29 bits per heavy atom. The molecule has 0 saturated carbocycles. The van der Waals surface area contributed by atoms with Gasteiger partial charge in [-0.1, -0.05) is 6.07 Å². The van der Waals surface area contributed by atoms with Crippen LogP contribution in [0.5, 0.6) is 0 Å². The molecule has 0 saturated heterocycles. The van der Waals surface area contributed by atoms with Crippen molar-refractivity contribution >= 4 is 17.4 Å². The molecular weight excluding hydrogens is 224 g/mol. The van der Waals surface area contributed by atoms with E-state index in [2.05, 4.69) is 10.6 Å². The van der Waals surface area contributed by atoms with Crippen LogP contribution in [0, 0.1) is 21.4 Å². The van der Waals surface area contributed by atoms with Crippen molar-refractivity contribution in [3.05, 3.63) is 34.4 Å². The fraction of sp³-hybridized carbons (Fsp3) is 0.200. The first-order valence-electron chi connectivity index (χ1n) is 4.74. The maximum absolute atomic E-state index is 11.3. The van der Waals surface area contributed by atoms with E-state index in [1.165, 1.54) is 31.2 Å². The Balaban J connectivity index is 2.69. The minimum atomic E-state index is -0.631. The molecule has 0 aliphatic rings. The third kappa shape index (κ3) is 3.79. The number of nitrogens with one attached hydrogen (secondary N) is 2. The number of nitro groups is 1. The highest BCUT2D eigenvalue weighted by Crippen LogP contribution is 2.16. The van der Waals surface area contributed by atoms with E-state index in [9.17, 15) is 14.9 Å². The smallest absolute Gasteiger partial charge is 0.320 e. The summed E-state index contributed by atoms with van der Waals surface area (Å²) in [4.78, 5) is 21.3. The predicted octanol–water partition coefficient (Wildman–Crippen LogP) is 1.63. The lowest BCUT2D eigenvalue weighted by atomic mass is 10.3. The number of nitriles is 1. The van der Waals surface area contributed by atoms with Gasteiger partial charge in [0.15, 0.2) is 0 Å². The number of amides is 2. The SMILES string of the molecule is CC(C#N)NC(=O)Nc1cccc([N+](=O)[O-])c1. The zero-order valence-electron chi connectivity index (χ0n) is 9.01. The molecule has 17 heavy (non-hydrogen) atoms. The van der Waals surface area contributed by atoms with Crippen molar-refractivity contribution in [1.29, 1.82) is 5.26 Å². The molecule has 0 aliphatic heterocycles. The third-order valence-electron chi connectivity index (χ3n) is 1.86. The van der Waals surface area contributed by atoms with Crippen LogP contribution in [0.1, 0.15) is 6.92 Å². The number of urea groups is 1. The molecule has 0 fully saturated rings. The van der Waals surface area contributed by atoms with Crippen molar-refractivity contribution in [2.75, 3.05) is 5.32 Å². The summed E-state index contributed by atoms with van der Waals surface area (Å²) in [7, 11) is 0. The first kappa shape index (κ1) is 12.4. The molecule has 1 aromatic rings. The molecule has 2 amide bonds. The number of hydrogen-bond acceptors (Lipinski definition) is 4. The van der Waals surface area contributed by atoms with Gasteiger partial charge in [0.2, 0.25) is 0 Å². The number of hydrogen-bond donors (Lipinski definition) is 2. The predicted molar refractivity (Wildman–Crippen MR) is 60.3 cm³/mol. The number of anilines is 1. The van der Waals surface area contributed by atoms with Crippen LogP contribution in [0.2, 0.25) is 0 Å². The quantitative estimate of drug-likeness (QED) is 0.611. The van der Waals surface area contributed by atoms with Crippen molar-refractivity contribution in [3.8, 4) is 6.07 Å². The van der Waals surface area contributed by atoms with E-state index in [0.717, 1.165) is 0 Å². The topological polar surface area (TPSA) is 108 Å². The second-order valence-electron chi connectivity index (χ2n) is 3.26.